The number of hydrogen-bond donors (Lipinski definition) is 10. The summed E-state index contributed by atoms with van der Waals surface area (Å²) in [4.78, 5) is 83.1. The first-order valence-electron chi connectivity index (χ1n) is 23.1. The molecule has 30 heteroatoms. The van der Waals surface area contributed by atoms with E-state index >= 15 is 0 Å². The van der Waals surface area contributed by atoms with Gasteiger partial charge in [0.05, 0.1) is 43.5 Å². The number of β-amino-alcohol motifs (C(OH)–C–C–N with tert-alkyl or cyclic N) is 1. The second-order valence-electron chi connectivity index (χ2n) is 17.9. The number of nitrogens with two attached hydrogens (primary N) is 1. The minimum atomic E-state index is -5.61. The predicted molar refractivity (Wildman–Crippen MR) is 263 cm³/mol. The van der Waals surface area contributed by atoms with Gasteiger partial charge in [-0.2, -0.15) is 4.31 Å². The van der Waals surface area contributed by atoms with E-state index in [0.717, 1.165) is 35.0 Å². The highest BCUT2D eigenvalue weighted by atomic mass is 31.3. The average molecular weight is 1070 g/mol. The number of hydrogen-bond acceptors (Lipinski definition) is 22. The van der Waals surface area contributed by atoms with Gasteiger partial charge in [0.25, 0.3) is 5.56 Å². The predicted octanol–water partition coefficient (Wildman–Crippen LogP) is 1.23. The lowest BCUT2D eigenvalue weighted by atomic mass is 10.0. The molecule has 400 valence electrons. The molecule has 0 radical (unpaired) electrons. The number of aliphatic hydroxyl groups is 5. The molecule has 74 heavy (non-hydrogen) atoms. The van der Waals surface area contributed by atoms with E-state index in [9.17, 15) is 58.8 Å². The minimum absolute atomic E-state index is 0.0230. The lowest BCUT2D eigenvalue weighted by Gasteiger charge is -2.40. The third-order valence-electron chi connectivity index (χ3n) is 13.1. The Balaban J connectivity index is 0.912. The lowest BCUT2D eigenvalue weighted by Crippen LogP contribution is -2.47. The van der Waals surface area contributed by atoms with Gasteiger partial charge in [-0.15, -0.1) is 0 Å². The highest BCUT2D eigenvalue weighted by molar-refractivity contribution is 7.61. The number of nitrogens with one attached hydrogen (secondary N) is 2. The van der Waals surface area contributed by atoms with Crippen LogP contribution in [0.3, 0.4) is 0 Å². The highest BCUT2D eigenvalue weighted by Gasteiger charge is 2.47. The molecule has 28 nitrogen and oxygen atoms in total. The molecule has 1 amide bonds. The number of phosphoric ester groups is 2. The van der Waals surface area contributed by atoms with Crippen LogP contribution in [0.25, 0.3) is 11.2 Å². The summed E-state index contributed by atoms with van der Waals surface area (Å²) in [5.74, 6) is 0.450. The van der Waals surface area contributed by atoms with Gasteiger partial charge in [-0.05, 0) is 80.8 Å². The van der Waals surface area contributed by atoms with Crippen LogP contribution < -0.4 is 31.5 Å². The molecule has 2 aromatic carbocycles. The number of aromatic nitrogens is 6. The van der Waals surface area contributed by atoms with Gasteiger partial charge >= 0.3 is 27.4 Å². The highest BCUT2D eigenvalue weighted by Crippen LogP contribution is 2.60. The fraction of sp³-hybridized carbons (Fsp3) is 0.455. The fourth-order valence-electron chi connectivity index (χ4n) is 8.91. The molecule has 10 atom stereocenters. The Morgan fingerprint density at radius 2 is 1.69 bits per heavy atom. The number of ether oxygens (including phenoxy) is 2. The van der Waals surface area contributed by atoms with E-state index in [0.29, 0.717) is 30.1 Å². The number of carbonyl (C=O) groups is 1. The van der Waals surface area contributed by atoms with E-state index < -0.39 is 95.6 Å². The first kappa shape index (κ1) is 54.2. The van der Waals surface area contributed by atoms with Gasteiger partial charge < -0.3 is 70.1 Å². The number of nitrogens with zero attached hydrogens (tertiary/aromatic N) is 8. The number of phosphoric acid groups is 2. The molecule has 1 fully saturated rings. The molecule has 1 saturated heterocycles. The van der Waals surface area contributed by atoms with Crippen molar-refractivity contribution < 1.29 is 72.1 Å². The van der Waals surface area contributed by atoms with Crippen molar-refractivity contribution in [3.8, 4) is 5.75 Å². The number of anilines is 5. The zero-order valence-corrected chi connectivity index (χ0v) is 42.3. The Bertz CT molecular complexity index is 3160. The van der Waals surface area contributed by atoms with Crippen LogP contribution in [0.1, 0.15) is 47.9 Å². The van der Waals surface area contributed by atoms with Crippen molar-refractivity contribution in [1.82, 2.24) is 39.3 Å². The summed E-state index contributed by atoms with van der Waals surface area (Å²) in [7, 11) is -7.59. The number of H-pyrrole nitrogens is 2. The van der Waals surface area contributed by atoms with Crippen LogP contribution in [-0.4, -0.2) is 164 Å². The number of rotatable bonds is 19. The number of aromatic amines is 2. The van der Waals surface area contributed by atoms with E-state index in [4.69, 9.17) is 24.3 Å². The Labute approximate surface area is 421 Å². The van der Waals surface area contributed by atoms with Gasteiger partial charge in [0.1, 0.15) is 65.7 Å². The summed E-state index contributed by atoms with van der Waals surface area (Å²) < 4.78 is 52.0. The van der Waals surface area contributed by atoms with Crippen LogP contribution in [0, 0.1) is 13.8 Å². The molecule has 0 spiro atoms. The van der Waals surface area contributed by atoms with Crippen molar-refractivity contribution in [2.75, 3.05) is 62.5 Å². The standard InChI is InChI=1S/C44H57N11O17P2/c1-6-51(4)44(63)71-31-10-7-9-24-25(31)11-12-26(24)52(5)13-8-14-53-27-15-22(2)23(3)16-28(27)54(40-34(53)41(61)50-43(62)49-40)17-29(56)35(58)30(57)18-68-73(64,65)72-74(66,67)69-19-32-36(59)37(60)42(70-32)55-21-48-33-38(45)46-20-47-39(33)55/h7-10,13,15-16,20-21,26,29-30,32,35-37,42,56-60H,6,11-12,14,17-19H2,1-5H3,(H,64,65)(H,66,67)(H2,45,46,47)(H2,49,50,61,62)/b13-8+/t26-,29+,30-,32-,35+,36-,37-,42-/m1/s1. The summed E-state index contributed by atoms with van der Waals surface area (Å²) in [6, 6.07) is 9.07. The number of carbonyl (C=O) groups excluding carboxylic acids is 1. The molecule has 11 N–H and O–H groups in total. The molecule has 2 aliphatic heterocycles. The number of aliphatic hydroxyl groups excluding tert-OH is 5. The van der Waals surface area contributed by atoms with Crippen molar-refractivity contribution in [2.45, 2.75) is 82.5 Å². The number of aryl methyl sites for hydroxylation is 2. The van der Waals surface area contributed by atoms with Crippen LogP contribution in [0.2, 0.25) is 0 Å². The molecule has 1 aliphatic carbocycles. The third kappa shape index (κ3) is 11.1. The molecule has 0 bridgehead atoms. The van der Waals surface area contributed by atoms with Gasteiger partial charge in [0, 0.05) is 32.7 Å². The van der Waals surface area contributed by atoms with E-state index in [1.54, 1.807) is 30.1 Å². The van der Waals surface area contributed by atoms with Crippen molar-refractivity contribution in [2.24, 2.45) is 0 Å². The lowest BCUT2D eigenvalue weighted by molar-refractivity contribution is -0.0719. The number of nitrogen functional groups attached to an aromatic ring is 1. The molecule has 3 aromatic heterocycles. The molecule has 2 unspecified atom stereocenters. The largest absolute Gasteiger partial charge is 0.481 e. The normalized spacial score (nSPS) is 22.2. The van der Waals surface area contributed by atoms with E-state index in [1.807, 2.05) is 57.1 Å². The van der Waals surface area contributed by atoms with Crippen LogP contribution in [0.4, 0.5) is 33.5 Å². The summed E-state index contributed by atoms with van der Waals surface area (Å²) >= 11 is 0. The Kier molecular flexibility index (Phi) is 15.8. The number of imidazole rings is 1. The summed E-state index contributed by atoms with van der Waals surface area (Å²) in [6.45, 7) is 3.29. The zero-order chi connectivity index (χ0) is 53.6. The maximum atomic E-state index is 13.7. The molecule has 8 rings (SSSR count). The average Bonchev–Trinajstić information content (AvgIpc) is 4.06. The molecule has 3 aliphatic rings. The van der Waals surface area contributed by atoms with Crippen LogP contribution >= 0.6 is 15.6 Å². The van der Waals surface area contributed by atoms with E-state index in [-0.39, 0.29) is 41.1 Å². The fourth-order valence-corrected chi connectivity index (χ4v) is 11.0. The maximum Gasteiger partial charge on any atom is 0.481 e. The van der Waals surface area contributed by atoms with Gasteiger partial charge in [-0.1, -0.05) is 12.1 Å². The third-order valence-corrected chi connectivity index (χ3v) is 15.7. The van der Waals surface area contributed by atoms with Gasteiger partial charge in [0.2, 0.25) is 0 Å². The van der Waals surface area contributed by atoms with Gasteiger partial charge in [-0.3, -0.25) is 28.4 Å². The Morgan fingerprint density at radius 1 is 0.986 bits per heavy atom. The molecule has 5 heterocycles. The molecular weight excluding hydrogens is 1020 g/mol. The van der Waals surface area contributed by atoms with Crippen LogP contribution in [0.5, 0.6) is 5.75 Å². The first-order valence-corrected chi connectivity index (χ1v) is 26.1. The molecular formula is C44H57N11O17P2. The SMILES string of the molecule is CCN(C)C(=O)Oc1cccc2c1CC[C@H]2N(C)/C=C/CN1c2cc(C)c(C)cc2N(C[C@H](O)[C@H](O)[C@H](O)COP(=O)(O)OP(=O)(O)OC[C@H]2O[C@@H](n3cnc4c(N)ncnc43)[C@H](O)[C@@H]2O)c2[nH]c(=O)[nH]c(=O)c21. The summed E-state index contributed by atoms with van der Waals surface area (Å²) in [6.07, 6.45) is -5.49. The number of amides is 1. The quantitative estimate of drug-likeness (QED) is 0.0520. The second kappa shape index (κ2) is 21.6. The number of benzene rings is 2. The van der Waals surface area contributed by atoms with E-state index in [1.165, 1.54) is 20.7 Å². The summed E-state index contributed by atoms with van der Waals surface area (Å²) in [5.41, 5.74) is 8.78. The second-order valence-corrected chi connectivity index (χ2v) is 21.0. The van der Waals surface area contributed by atoms with Crippen LogP contribution in [-0.2, 0) is 33.6 Å². The van der Waals surface area contributed by atoms with Crippen molar-refractivity contribution in [3.05, 3.63) is 98.4 Å². The first-order chi connectivity index (χ1) is 35.0. The Morgan fingerprint density at radius 3 is 2.41 bits per heavy atom. The Hall–Kier alpha value is -6.10. The minimum Gasteiger partial charge on any atom is -0.410 e. The maximum absolute atomic E-state index is 13.7. The topological polar surface area (TPSA) is 387 Å². The van der Waals surface area contributed by atoms with E-state index in [2.05, 4.69) is 29.2 Å². The smallest absolute Gasteiger partial charge is 0.410 e. The van der Waals surface area contributed by atoms with Crippen molar-refractivity contribution >= 4 is 61.6 Å². The number of fused-ring (bicyclic) bond motifs is 4. The molecule has 5 aromatic rings. The zero-order valence-electron chi connectivity index (χ0n) is 40.5. The van der Waals surface area contributed by atoms with Gasteiger partial charge in [0.15, 0.2) is 17.7 Å². The monoisotopic (exact) mass is 1070 g/mol. The molecule has 0 saturated carbocycles. The van der Waals surface area contributed by atoms with Gasteiger partial charge in [-0.25, -0.2) is 33.7 Å². The van der Waals surface area contributed by atoms with Crippen molar-refractivity contribution in [3.63, 3.8) is 0 Å². The summed E-state index contributed by atoms with van der Waals surface area (Å²) in [5, 5.41) is 54.7. The van der Waals surface area contributed by atoms with Crippen LogP contribution in [0.15, 0.2) is 64.9 Å². The van der Waals surface area contributed by atoms with Crippen molar-refractivity contribution in [1.29, 1.82) is 0 Å².